The molecule has 354 valence electrons. The summed E-state index contributed by atoms with van der Waals surface area (Å²) in [5.74, 6) is 1.86. The average molecular weight is 1000 g/mol. The number of para-hydroxylation sites is 4. The molecule has 0 N–H and O–H groups in total. The number of fused-ring (bicyclic) bond motifs is 14. The third kappa shape index (κ3) is 6.59. The molecule has 5 aromatic heterocycles. The number of thiophene rings is 2. The Morgan fingerprint density at radius 3 is 1.36 bits per heavy atom. The summed E-state index contributed by atoms with van der Waals surface area (Å²) in [6.45, 7) is 0. The largest absolute Gasteiger partial charge is 0.309 e. The first-order chi connectivity index (χ1) is 37.7. The van der Waals surface area contributed by atoms with E-state index >= 15 is 0 Å². The summed E-state index contributed by atoms with van der Waals surface area (Å²) in [5, 5.41) is 9.91. The maximum absolute atomic E-state index is 5.43. The Kier molecular flexibility index (Phi) is 9.61. The topological polar surface area (TPSA) is 48.5 Å². The highest BCUT2D eigenvalue weighted by molar-refractivity contribution is 7.26. The molecule has 0 bridgehead atoms. The van der Waals surface area contributed by atoms with Gasteiger partial charge in [0.05, 0.1) is 22.1 Å². The van der Waals surface area contributed by atoms with Crippen LogP contribution >= 0.6 is 22.7 Å². The van der Waals surface area contributed by atoms with Gasteiger partial charge in [-0.15, -0.1) is 22.7 Å². The van der Waals surface area contributed by atoms with Crippen LogP contribution in [0.25, 0.3) is 152 Å². The normalized spacial score (nSPS) is 11.9. The van der Waals surface area contributed by atoms with Crippen molar-refractivity contribution in [1.82, 2.24) is 24.1 Å². The van der Waals surface area contributed by atoms with Gasteiger partial charge in [-0.25, -0.2) is 15.0 Å². The molecule has 0 spiro atoms. The summed E-state index contributed by atoms with van der Waals surface area (Å²) in [6, 6.07) is 89.7. The molecule has 0 aliphatic rings. The minimum Gasteiger partial charge on any atom is -0.309 e. The number of nitrogens with zero attached hydrogens (tertiary/aromatic N) is 5. The molecular formula is C69H41N5S2. The van der Waals surface area contributed by atoms with Crippen LogP contribution in [0.1, 0.15) is 0 Å². The number of rotatable bonds is 7. The van der Waals surface area contributed by atoms with E-state index in [2.05, 4.69) is 221 Å². The zero-order chi connectivity index (χ0) is 49.8. The van der Waals surface area contributed by atoms with Gasteiger partial charge in [0.1, 0.15) is 0 Å². The third-order valence-corrected chi connectivity index (χ3v) is 17.4. The van der Waals surface area contributed by atoms with E-state index in [0.717, 1.165) is 50.3 Å². The van der Waals surface area contributed by atoms with E-state index in [-0.39, 0.29) is 0 Å². The molecule has 76 heavy (non-hydrogen) atoms. The highest BCUT2D eigenvalue weighted by Gasteiger charge is 2.24. The monoisotopic (exact) mass is 1000 g/mol. The molecule has 16 aromatic rings. The molecule has 16 rings (SSSR count). The van der Waals surface area contributed by atoms with E-state index in [1.807, 2.05) is 59.1 Å². The molecular weight excluding hydrogens is 963 g/mol. The second-order valence-electron chi connectivity index (χ2n) is 19.4. The summed E-state index contributed by atoms with van der Waals surface area (Å²) in [6.07, 6.45) is 0. The number of benzene rings is 11. The van der Waals surface area contributed by atoms with Crippen molar-refractivity contribution in [2.24, 2.45) is 0 Å². The van der Waals surface area contributed by atoms with Crippen LogP contribution in [0.3, 0.4) is 0 Å². The van der Waals surface area contributed by atoms with Crippen LogP contribution in [0.2, 0.25) is 0 Å². The van der Waals surface area contributed by atoms with Crippen molar-refractivity contribution >= 4 is 107 Å². The molecule has 0 fully saturated rings. The Hall–Kier alpha value is -9.53. The third-order valence-electron chi connectivity index (χ3n) is 15.2. The van der Waals surface area contributed by atoms with E-state index in [0.29, 0.717) is 17.5 Å². The van der Waals surface area contributed by atoms with Gasteiger partial charge in [-0.1, -0.05) is 176 Å². The number of aromatic nitrogens is 5. The number of hydrogen-bond acceptors (Lipinski definition) is 5. The summed E-state index contributed by atoms with van der Waals surface area (Å²) < 4.78 is 9.89. The Balaban J connectivity index is 0.985. The summed E-state index contributed by atoms with van der Waals surface area (Å²) >= 11 is 3.71. The molecule has 0 unspecified atom stereocenters. The summed E-state index contributed by atoms with van der Waals surface area (Å²) in [7, 11) is 0. The Morgan fingerprint density at radius 1 is 0.263 bits per heavy atom. The first-order valence-electron chi connectivity index (χ1n) is 25.6. The number of hydrogen-bond donors (Lipinski definition) is 0. The highest BCUT2D eigenvalue weighted by atomic mass is 32.1. The molecule has 0 atom stereocenters. The Bertz CT molecular complexity index is 4920. The SMILES string of the molecule is c1ccc(-c2nc(-c3ccccc3)nc(-c3cc(-c4ccc5sc6ccc7c8ccccc8n(-c8ccccc8)c7c6c5c4)ccc3-c3cccc4sc5ccc6c7ccccc7n(-c7ccccc7)c6c5c34)n2)cc1. The molecule has 0 aliphatic carbocycles. The predicted octanol–water partition coefficient (Wildman–Crippen LogP) is 19.1. The minimum atomic E-state index is 0.612. The zero-order valence-corrected chi connectivity index (χ0v) is 42.4. The van der Waals surface area contributed by atoms with Crippen molar-refractivity contribution in [3.05, 3.63) is 249 Å². The Labute approximate surface area is 444 Å². The lowest BCUT2D eigenvalue weighted by atomic mass is 9.91. The fourth-order valence-electron chi connectivity index (χ4n) is 11.8. The van der Waals surface area contributed by atoms with Crippen LogP contribution in [0.4, 0.5) is 0 Å². The molecule has 0 amide bonds. The van der Waals surface area contributed by atoms with Gasteiger partial charge in [0.15, 0.2) is 17.5 Å². The molecule has 5 heterocycles. The molecule has 0 saturated heterocycles. The van der Waals surface area contributed by atoms with Crippen molar-refractivity contribution in [2.75, 3.05) is 0 Å². The van der Waals surface area contributed by atoms with Crippen LogP contribution < -0.4 is 0 Å². The van der Waals surface area contributed by atoms with Crippen LogP contribution in [-0.2, 0) is 0 Å². The van der Waals surface area contributed by atoms with Crippen molar-refractivity contribution in [2.45, 2.75) is 0 Å². The van der Waals surface area contributed by atoms with Gasteiger partial charge in [0.25, 0.3) is 0 Å². The van der Waals surface area contributed by atoms with Gasteiger partial charge in [0.2, 0.25) is 0 Å². The molecule has 11 aromatic carbocycles. The van der Waals surface area contributed by atoms with Gasteiger partial charge >= 0.3 is 0 Å². The standard InChI is InChI=1S/C69H41N5S2/c1-5-18-42(19-6-1)67-70-68(43-20-7-2-8-21-43)72-69(71-67)54-40-44(45-33-37-58-55(41-45)63-60(75-58)38-35-52-49-26-13-15-29-56(49)73(65(52)63)46-22-9-3-10-23-46)32-34-48(54)51-28-17-31-59-62(51)64-61(76-59)39-36-53-50-27-14-16-30-57(50)74(66(53)64)47-24-11-4-12-25-47/h1-41H. The summed E-state index contributed by atoms with van der Waals surface area (Å²) in [4.78, 5) is 16.0. The van der Waals surface area contributed by atoms with E-state index in [1.165, 1.54) is 84.0 Å². The van der Waals surface area contributed by atoms with Crippen LogP contribution in [-0.4, -0.2) is 24.1 Å². The molecule has 0 aliphatic heterocycles. The minimum absolute atomic E-state index is 0.612. The van der Waals surface area contributed by atoms with Crippen LogP contribution in [0, 0.1) is 0 Å². The van der Waals surface area contributed by atoms with Crippen molar-refractivity contribution in [3.63, 3.8) is 0 Å². The lowest BCUT2D eigenvalue weighted by molar-refractivity contribution is 1.07. The molecule has 0 radical (unpaired) electrons. The lowest BCUT2D eigenvalue weighted by Gasteiger charge is -2.16. The maximum Gasteiger partial charge on any atom is 0.164 e. The maximum atomic E-state index is 5.43. The van der Waals surface area contributed by atoms with E-state index in [1.54, 1.807) is 0 Å². The smallest absolute Gasteiger partial charge is 0.164 e. The van der Waals surface area contributed by atoms with Crippen LogP contribution in [0.5, 0.6) is 0 Å². The molecule has 5 nitrogen and oxygen atoms in total. The lowest BCUT2D eigenvalue weighted by Crippen LogP contribution is -2.01. The first kappa shape index (κ1) is 42.9. The predicted molar refractivity (Wildman–Crippen MR) is 321 cm³/mol. The summed E-state index contributed by atoms with van der Waals surface area (Å²) in [5.41, 5.74) is 14.3. The second kappa shape index (κ2) is 17.0. The fourth-order valence-corrected chi connectivity index (χ4v) is 14.1. The second-order valence-corrected chi connectivity index (χ2v) is 21.6. The molecule has 7 heteroatoms. The quantitative estimate of drug-likeness (QED) is 0.160. The van der Waals surface area contributed by atoms with Crippen molar-refractivity contribution in [3.8, 4) is 67.8 Å². The van der Waals surface area contributed by atoms with Crippen molar-refractivity contribution < 1.29 is 0 Å². The zero-order valence-electron chi connectivity index (χ0n) is 40.7. The van der Waals surface area contributed by atoms with Crippen molar-refractivity contribution in [1.29, 1.82) is 0 Å². The van der Waals surface area contributed by atoms with Gasteiger partial charge < -0.3 is 9.13 Å². The van der Waals surface area contributed by atoms with Gasteiger partial charge in [-0.2, -0.15) is 0 Å². The van der Waals surface area contributed by atoms with E-state index in [4.69, 9.17) is 15.0 Å². The van der Waals surface area contributed by atoms with Gasteiger partial charge in [-0.05, 0) is 95.1 Å². The fraction of sp³-hybridized carbons (Fsp3) is 0. The van der Waals surface area contributed by atoms with Gasteiger partial charge in [-0.3, -0.25) is 0 Å². The van der Waals surface area contributed by atoms with E-state index < -0.39 is 0 Å². The molecule has 0 saturated carbocycles. The average Bonchev–Trinajstić information content (AvgIpc) is 4.42. The Morgan fingerprint density at radius 2 is 0.737 bits per heavy atom. The van der Waals surface area contributed by atoms with Crippen LogP contribution in [0.15, 0.2) is 249 Å². The van der Waals surface area contributed by atoms with E-state index in [9.17, 15) is 0 Å². The highest BCUT2D eigenvalue weighted by Crippen LogP contribution is 2.49. The van der Waals surface area contributed by atoms with Gasteiger partial charge in [0, 0.05) is 90.0 Å². The first-order valence-corrected chi connectivity index (χ1v) is 27.2.